The van der Waals surface area contributed by atoms with E-state index in [1.54, 1.807) is 0 Å². The number of Topliss-reactive ketones (excluding diaryl/α,β-unsaturated/α-hetero) is 1. The van der Waals surface area contributed by atoms with Crippen LogP contribution in [0.3, 0.4) is 0 Å². The van der Waals surface area contributed by atoms with Crippen LogP contribution in [0, 0.1) is 29.1 Å². The molecule has 4 bridgehead atoms. The van der Waals surface area contributed by atoms with Gasteiger partial charge in [0.25, 0.3) is 0 Å². The lowest BCUT2D eigenvalue weighted by Gasteiger charge is -2.59. The number of hydrogen-bond acceptors (Lipinski definition) is 2. The molecule has 0 N–H and O–H groups in total. The maximum absolute atomic E-state index is 13.7. The van der Waals surface area contributed by atoms with Gasteiger partial charge < -0.3 is 4.57 Å². The second-order valence-electron chi connectivity index (χ2n) is 9.53. The molecule has 4 fully saturated rings. The van der Waals surface area contributed by atoms with Crippen molar-refractivity contribution in [2.24, 2.45) is 29.1 Å². The highest BCUT2D eigenvalue weighted by Crippen LogP contribution is 2.63. The summed E-state index contributed by atoms with van der Waals surface area (Å²) in [6.45, 7) is 2.44. The Bertz CT molecular complexity index is 881. The van der Waals surface area contributed by atoms with E-state index in [-0.39, 0.29) is 11.5 Å². The van der Waals surface area contributed by atoms with Crippen LogP contribution in [0.2, 0.25) is 0 Å². The van der Waals surface area contributed by atoms with Crippen molar-refractivity contribution in [1.29, 1.82) is 0 Å². The fourth-order valence-corrected chi connectivity index (χ4v) is 7.15. The SMILES string of the molecule is CC1C2CC3CC1CC(C(=O)CC1c4ccccc4-c4cncn41)(C3)C2. The zero-order valence-corrected chi connectivity index (χ0v) is 15.4. The molecule has 3 nitrogen and oxygen atoms in total. The topological polar surface area (TPSA) is 34.9 Å². The zero-order valence-electron chi connectivity index (χ0n) is 15.4. The van der Waals surface area contributed by atoms with Gasteiger partial charge in [-0.25, -0.2) is 4.98 Å². The van der Waals surface area contributed by atoms with Gasteiger partial charge in [-0.3, -0.25) is 4.79 Å². The van der Waals surface area contributed by atoms with E-state index < -0.39 is 0 Å². The first-order valence-corrected chi connectivity index (χ1v) is 10.3. The fourth-order valence-electron chi connectivity index (χ4n) is 7.15. The molecular weight excluding hydrogens is 320 g/mol. The number of carbonyl (C=O) groups is 1. The number of rotatable bonds is 3. The lowest BCUT2D eigenvalue weighted by molar-refractivity contribution is -0.150. The van der Waals surface area contributed by atoms with Crippen LogP contribution in [0.15, 0.2) is 36.8 Å². The quantitative estimate of drug-likeness (QED) is 0.794. The van der Waals surface area contributed by atoms with Crippen molar-refractivity contribution in [3.05, 3.63) is 42.4 Å². The summed E-state index contributed by atoms with van der Waals surface area (Å²) in [4.78, 5) is 18.0. The van der Waals surface area contributed by atoms with E-state index in [9.17, 15) is 4.79 Å². The molecule has 3 heteroatoms. The van der Waals surface area contributed by atoms with E-state index in [4.69, 9.17) is 0 Å². The Labute approximate surface area is 154 Å². The largest absolute Gasteiger partial charge is 0.323 e. The predicted octanol–water partition coefficient (Wildman–Crippen LogP) is 4.87. The highest BCUT2D eigenvalue weighted by Gasteiger charge is 2.57. The van der Waals surface area contributed by atoms with Crippen LogP contribution < -0.4 is 0 Å². The van der Waals surface area contributed by atoms with Gasteiger partial charge in [-0.15, -0.1) is 0 Å². The lowest BCUT2D eigenvalue weighted by Crippen LogP contribution is -2.53. The van der Waals surface area contributed by atoms with Crippen LogP contribution in [0.25, 0.3) is 11.3 Å². The van der Waals surface area contributed by atoms with Crippen LogP contribution in [-0.4, -0.2) is 15.3 Å². The number of hydrogen-bond donors (Lipinski definition) is 0. The van der Waals surface area contributed by atoms with E-state index in [1.807, 2.05) is 12.5 Å². The number of benzene rings is 1. The smallest absolute Gasteiger partial charge is 0.141 e. The number of carbonyl (C=O) groups excluding carboxylic acids is 1. The molecule has 1 aromatic carbocycles. The second kappa shape index (κ2) is 5.09. The summed E-state index contributed by atoms with van der Waals surface area (Å²) < 4.78 is 2.23. The van der Waals surface area contributed by atoms with E-state index >= 15 is 0 Å². The van der Waals surface area contributed by atoms with Crippen molar-refractivity contribution in [3.8, 4) is 11.3 Å². The van der Waals surface area contributed by atoms with Crippen LogP contribution in [0.5, 0.6) is 0 Å². The summed E-state index contributed by atoms with van der Waals surface area (Å²) in [5.74, 6) is 3.77. The molecule has 0 amide bonds. The third-order valence-electron chi connectivity index (χ3n) is 8.31. The second-order valence-corrected chi connectivity index (χ2v) is 9.53. The Kier molecular flexibility index (Phi) is 2.97. The first kappa shape index (κ1) is 15.2. The van der Waals surface area contributed by atoms with E-state index in [0.29, 0.717) is 12.2 Å². The van der Waals surface area contributed by atoms with Crippen LogP contribution in [0.4, 0.5) is 0 Å². The number of fused-ring (bicyclic) bond motifs is 3. The number of nitrogens with zero attached hydrogens (tertiary/aromatic N) is 2. The number of imidazole rings is 1. The number of aromatic nitrogens is 2. The first-order chi connectivity index (χ1) is 12.6. The van der Waals surface area contributed by atoms with Crippen molar-refractivity contribution in [1.82, 2.24) is 9.55 Å². The number of ketones is 1. The molecule has 0 spiro atoms. The molecule has 2 heterocycles. The summed E-state index contributed by atoms with van der Waals surface area (Å²) in [6.07, 6.45) is 10.7. The maximum Gasteiger partial charge on any atom is 0.141 e. The molecule has 3 unspecified atom stereocenters. The average molecular weight is 346 g/mol. The standard InChI is InChI=1S/C23H26N2O/c1-14-16-6-15-7-17(14)11-23(9-15,10-16)22(26)8-20-18-4-2-3-5-19(18)21-12-24-13-25(20)21/h2-5,12-17,20H,6-11H2,1H3. The molecule has 7 rings (SSSR count). The van der Waals surface area contributed by atoms with Crippen LogP contribution >= 0.6 is 0 Å². The van der Waals surface area contributed by atoms with E-state index in [2.05, 4.69) is 40.7 Å². The van der Waals surface area contributed by atoms with Gasteiger partial charge in [-0.05, 0) is 61.3 Å². The molecular formula is C23H26N2O. The summed E-state index contributed by atoms with van der Waals surface area (Å²) in [5.41, 5.74) is 3.71. The molecule has 5 aliphatic rings. The molecule has 1 aromatic heterocycles. The normalized spacial score (nSPS) is 39.0. The third-order valence-corrected chi connectivity index (χ3v) is 8.31. The van der Waals surface area contributed by atoms with Gasteiger partial charge >= 0.3 is 0 Å². The van der Waals surface area contributed by atoms with Gasteiger partial charge in [-0.1, -0.05) is 31.2 Å². The monoisotopic (exact) mass is 346 g/mol. The van der Waals surface area contributed by atoms with Gasteiger partial charge in [0.2, 0.25) is 0 Å². The zero-order chi connectivity index (χ0) is 17.5. The van der Waals surface area contributed by atoms with Crippen molar-refractivity contribution < 1.29 is 4.79 Å². The molecule has 4 saturated carbocycles. The Morgan fingerprint density at radius 3 is 2.77 bits per heavy atom. The predicted molar refractivity (Wildman–Crippen MR) is 101 cm³/mol. The first-order valence-electron chi connectivity index (χ1n) is 10.3. The van der Waals surface area contributed by atoms with Crippen LogP contribution in [0.1, 0.15) is 57.1 Å². The summed E-state index contributed by atoms with van der Waals surface area (Å²) in [5, 5.41) is 0. The van der Waals surface area contributed by atoms with Crippen molar-refractivity contribution in [3.63, 3.8) is 0 Å². The highest BCUT2D eigenvalue weighted by molar-refractivity contribution is 5.87. The van der Waals surface area contributed by atoms with Gasteiger partial charge in [0.1, 0.15) is 5.78 Å². The average Bonchev–Trinajstić information content (AvgIpc) is 3.22. The van der Waals surface area contributed by atoms with E-state index in [1.165, 1.54) is 24.0 Å². The Morgan fingerprint density at radius 1 is 1.19 bits per heavy atom. The van der Waals surface area contributed by atoms with Crippen molar-refractivity contribution in [2.45, 2.75) is 51.5 Å². The van der Waals surface area contributed by atoms with Gasteiger partial charge in [-0.2, -0.15) is 0 Å². The van der Waals surface area contributed by atoms with Crippen molar-refractivity contribution >= 4 is 5.78 Å². The van der Waals surface area contributed by atoms with Gasteiger partial charge in [0, 0.05) is 17.4 Å². The molecule has 0 saturated heterocycles. The Morgan fingerprint density at radius 2 is 1.96 bits per heavy atom. The summed E-state index contributed by atoms with van der Waals surface area (Å²) >= 11 is 0. The van der Waals surface area contributed by atoms with Gasteiger partial charge in [0.05, 0.1) is 24.3 Å². The molecule has 4 aliphatic carbocycles. The minimum absolute atomic E-state index is 0.0126. The fraction of sp³-hybridized carbons (Fsp3) is 0.565. The molecule has 134 valence electrons. The Balaban J connectivity index is 1.34. The molecule has 2 aromatic rings. The highest BCUT2D eigenvalue weighted by atomic mass is 16.1. The lowest BCUT2D eigenvalue weighted by atomic mass is 9.45. The molecule has 1 aliphatic heterocycles. The summed E-state index contributed by atoms with van der Waals surface area (Å²) in [7, 11) is 0. The molecule has 0 radical (unpaired) electrons. The van der Waals surface area contributed by atoms with Crippen LogP contribution in [-0.2, 0) is 4.79 Å². The third kappa shape index (κ3) is 1.89. The maximum atomic E-state index is 13.7. The van der Waals surface area contributed by atoms with Gasteiger partial charge in [0.15, 0.2) is 0 Å². The van der Waals surface area contributed by atoms with E-state index in [0.717, 1.165) is 48.6 Å². The molecule has 3 atom stereocenters. The summed E-state index contributed by atoms with van der Waals surface area (Å²) in [6, 6.07) is 8.69. The minimum Gasteiger partial charge on any atom is -0.323 e. The van der Waals surface area contributed by atoms with Crippen molar-refractivity contribution in [2.75, 3.05) is 0 Å². The minimum atomic E-state index is -0.0126. The Hall–Kier alpha value is -1.90. The molecule has 26 heavy (non-hydrogen) atoms.